The molecular weight excluding hydrogens is 310 g/mol. The molecule has 1 amide bonds. The van der Waals surface area contributed by atoms with Crippen molar-refractivity contribution in [2.75, 3.05) is 0 Å². The molecule has 122 valence electrons. The minimum absolute atomic E-state index is 0.119. The molecule has 2 aromatic carbocycles. The number of fused-ring (bicyclic) bond motifs is 1. The summed E-state index contributed by atoms with van der Waals surface area (Å²) in [7, 11) is 0. The van der Waals surface area contributed by atoms with Gasteiger partial charge >= 0.3 is 0 Å². The number of furan rings is 1. The average Bonchev–Trinajstić information content (AvgIpc) is 3.27. The second-order valence-corrected chi connectivity index (χ2v) is 6.13. The third kappa shape index (κ3) is 3.49. The van der Waals surface area contributed by atoms with Crippen molar-refractivity contribution >= 4 is 5.91 Å². The minimum atomic E-state index is -0.189. The molecule has 3 nitrogen and oxygen atoms in total. The van der Waals surface area contributed by atoms with Crippen LogP contribution in [0.3, 0.4) is 0 Å². The normalized spacial score (nSPS) is 13.0. The van der Waals surface area contributed by atoms with Gasteiger partial charge in [0.1, 0.15) is 0 Å². The molecule has 4 rings (SSSR count). The molecule has 0 spiro atoms. The topological polar surface area (TPSA) is 42.2 Å². The van der Waals surface area contributed by atoms with Crippen LogP contribution in [0.4, 0.5) is 0 Å². The Balaban J connectivity index is 1.41. The summed E-state index contributed by atoms with van der Waals surface area (Å²) in [6.07, 6.45) is 1.73. The number of hydrogen-bond acceptors (Lipinski definition) is 2. The molecule has 3 heteroatoms. The molecule has 0 bridgehead atoms. The monoisotopic (exact) mass is 327 g/mol. The predicted octanol–water partition coefficient (Wildman–Crippen LogP) is 3.58. The van der Waals surface area contributed by atoms with E-state index in [0.29, 0.717) is 11.5 Å². The molecule has 1 N–H and O–H groups in total. The van der Waals surface area contributed by atoms with Crippen LogP contribution in [0.25, 0.3) is 0 Å². The van der Waals surface area contributed by atoms with Crippen LogP contribution < -0.4 is 5.32 Å². The number of benzene rings is 2. The second-order valence-electron chi connectivity index (χ2n) is 6.13. The number of carbonyl (C=O) groups is 1. The highest BCUT2D eigenvalue weighted by Gasteiger charge is 2.23. The molecule has 1 heterocycles. The third-order valence-corrected chi connectivity index (χ3v) is 4.32. The Bertz CT molecular complexity index is 935. The van der Waals surface area contributed by atoms with Crippen LogP contribution in [0.5, 0.6) is 0 Å². The van der Waals surface area contributed by atoms with E-state index in [-0.39, 0.29) is 11.9 Å². The van der Waals surface area contributed by atoms with Crippen molar-refractivity contribution in [3.63, 3.8) is 0 Å². The van der Waals surface area contributed by atoms with E-state index in [4.69, 9.17) is 4.42 Å². The summed E-state index contributed by atoms with van der Waals surface area (Å²) in [5.41, 5.74) is 3.52. The van der Waals surface area contributed by atoms with Crippen LogP contribution in [0.2, 0.25) is 0 Å². The number of hydrogen-bond donors (Lipinski definition) is 1. The molecule has 1 aliphatic rings. The molecule has 1 aromatic heterocycles. The van der Waals surface area contributed by atoms with Gasteiger partial charge in [-0.25, -0.2) is 0 Å². The summed E-state index contributed by atoms with van der Waals surface area (Å²) in [5, 5.41) is 3.05. The molecule has 0 saturated carbocycles. The molecule has 0 saturated heterocycles. The summed E-state index contributed by atoms with van der Waals surface area (Å²) in [6, 6.07) is 21.5. The molecule has 25 heavy (non-hydrogen) atoms. The maximum absolute atomic E-state index is 12.4. The maximum Gasteiger partial charge on any atom is 0.287 e. The summed E-state index contributed by atoms with van der Waals surface area (Å²) >= 11 is 0. The van der Waals surface area contributed by atoms with Crippen LogP contribution in [-0.2, 0) is 12.8 Å². The third-order valence-electron chi connectivity index (χ3n) is 4.32. The summed E-state index contributed by atoms with van der Waals surface area (Å²) in [5.74, 6) is 6.57. The Kier molecular flexibility index (Phi) is 4.10. The largest absolute Gasteiger partial charge is 0.443 e. The van der Waals surface area contributed by atoms with Gasteiger partial charge in [-0.3, -0.25) is 4.79 Å². The lowest BCUT2D eigenvalue weighted by Crippen LogP contribution is -2.35. The highest BCUT2D eigenvalue weighted by molar-refractivity contribution is 5.91. The Labute approximate surface area is 146 Å². The van der Waals surface area contributed by atoms with E-state index < -0.39 is 0 Å². The van der Waals surface area contributed by atoms with Crippen LogP contribution in [0.1, 0.15) is 33.0 Å². The molecule has 0 unspecified atom stereocenters. The van der Waals surface area contributed by atoms with Gasteiger partial charge in [-0.1, -0.05) is 48.4 Å². The lowest BCUT2D eigenvalue weighted by atomic mass is 10.1. The van der Waals surface area contributed by atoms with Gasteiger partial charge < -0.3 is 9.73 Å². The lowest BCUT2D eigenvalue weighted by molar-refractivity contribution is 0.0910. The fraction of sp³-hybridized carbons (Fsp3) is 0.136. The van der Waals surface area contributed by atoms with E-state index in [1.54, 1.807) is 12.1 Å². The number of amides is 1. The molecule has 0 radical (unpaired) electrons. The van der Waals surface area contributed by atoms with Gasteiger partial charge in [0.2, 0.25) is 0 Å². The zero-order valence-corrected chi connectivity index (χ0v) is 13.7. The van der Waals surface area contributed by atoms with E-state index in [1.165, 1.54) is 11.1 Å². The highest BCUT2D eigenvalue weighted by atomic mass is 16.3. The molecule has 3 aromatic rings. The van der Waals surface area contributed by atoms with Gasteiger partial charge in [-0.2, -0.15) is 0 Å². The molecule has 0 atom stereocenters. The van der Waals surface area contributed by atoms with Gasteiger partial charge in [0, 0.05) is 11.6 Å². The lowest BCUT2D eigenvalue weighted by Gasteiger charge is -2.10. The van der Waals surface area contributed by atoms with Gasteiger partial charge in [0.25, 0.3) is 5.91 Å². The van der Waals surface area contributed by atoms with Crippen molar-refractivity contribution in [2.45, 2.75) is 18.9 Å². The van der Waals surface area contributed by atoms with Crippen LogP contribution in [0.15, 0.2) is 71.1 Å². The molecule has 1 aliphatic carbocycles. The van der Waals surface area contributed by atoms with E-state index in [9.17, 15) is 4.79 Å². The van der Waals surface area contributed by atoms with Crippen molar-refractivity contribution in [3.8, 4) is 11.8 Å². The maximum atomic E-state index is 12.4. The van der Waals surface area contributed by atoms with Gasteiger partial charge in [-0.15, -0.1) is 0 Å². The summed E-state index contributed by atoms with van der Waals surface area (Å²) < 4.78 is 5.57. The highest BCUT2D eigenvalue weighted by Crippen LogP contribution is 2.22. The smallest absolute Gasteiger partial charge is 0.287 e. The fourth-order valence-electron chi connectivity index (χ4n) is 3.10. The van der Waals surface area contributed by atoms with E-state index >= 15 is 0 Å². The standard InChI is InChI=1S/C22H17NO2/c24-22(23-19-14-17-8-4-5-9-18(17)15-19)21-13-12-20(25-21)11-10-16-6-2-1-3-7-16/h1-9,12-13,19H,14-15H2,(H,23,24). The van der Waals surface area contributed by atoms with E-state index in [2.05, 4.69) is 29.3 Å². The molecular formula is C22H17NO2. The zero-order valence-electron chi connectivity index (χ0n) is 13.7. The van der Waals surface area contributed by atoms with Crippen molar-refractivity contribution < 1.29 is 9.21 Å². The summed E-state index contributed by atoms with van der Waals surface area (Å²) in [4.78, 5) is 12.4. The first-order valence-electron chi connectivity index (χ1n) is 8.32. The summed E-state index contributed by atoms with van der Waals surface area (Å²) in [6.45, 7) is 0. The average molecular weight is 327 g/mol. The van der Waals surface area contributed by atoms with Gasteiger partial charge in [0.15, 0.2) is 11.5 Å². The Morgan fingerprint density at radius 3 is 2.28 bits per heavy atom. The predicted molar refractivity (Wildman–Crippen MR) is 96.2 cm³/mol. The van der Waals surface area contributed by atoms with Crippen molar-refractivity contribution in [1.82, 2.24) is 5.32 Å². The first kappa shape index (κ1) is 15.3. The Morgan fingerprint density at radius 2 is 1.56 bits per heavy atom. The fourth-order valence-corrected chi connectivity index (χ4v) is 3.10. The van der Waals surface area contributed by atoms with Crippen molar-refractivity contribution in [1.29, 1.82) is 0 Å². The first-order valence-corrected chi connectivity index (χ1v) is 8.32. The Hall–Kier alpha value is -3.25. The molecule has 0 fully saturated rings. The van der Waals surface area contributed by atoms with Gasteiger partial charge in [0.05, 0.1) is 0 Å². The number of rotatable bonds is 2. The first-order chi connectivity index (χ1) is 12.3. The second kappa shape index (κ2) is 6.70. The number of nitrogens with one attached hydrogen (secondary N) is 1. The van der Waals surface area contributed by atoms with Gasteiger partial charge in [-0.05, 0) is 54.2 Å². The zero-order chi connectivity index (χ0) is 17.1. The van der Waals surface area contributed by atoms with Crippen LogP contribution >= 0.6 is 0 Å². The Morgan fingerprint density at radius 1 is 0.880 bits per heavy atom. The van der Waals surface area contributed by atoms with Crippen LogP contribution in [0, 0.1) is 11.8 Å². The van der Waals surface area contributed by atoms with E-state index in [1.807, 2.05) is 42.5 Å². The quantitative estimate of drug-likeness (QED) is 0.731. The van der Waals surface area contributed by atoms with Crippen molar-refractivity contribution in [2.24, 2.45) is 0 Å². The van der Waals surface area contributed by atoms with E-state index in [0.717, 1.165) is 18.4 Å². The number of carbonyl (C=O) groups excluding carboxylic acids is 1. The van der Waals surface area contributed by atoms with Crippen LogP contribution in [-0.4, -0.2) is 11.9 Å². The molecule has 0 aliphatic heterocycles. The minimum Gasteiger partial charge on any atom is -0.443 e. The SMILES string of the molecule is O=C(NC1Cc2ccccc2C1)c1ccc(C#Cc2ccccc2)o1. The van der Waals surface area contributed by atoms with Crippen molar-refractivity contribution in [3.05, 3.63) is 94.9 Å².